The maximum absolute atomic E-state index is 13.9. The molecule has 98 valence electrons. The van der Waals surface area contributed by atoms with E-state index < -0.39 is 17.3 Å². The van der Waals surface area contributed by atoms with Crippen LogP contribution in [-0.4, -0.2) is 16.1 Å². The van der Waals surface area contributed by atoms with Crippen molar-refractivity contribution in [3.8, 4) is 0 Å². The zero-order chi connectivity index (χ0) is 14.0. The number of aromatic nitrogens is 1. The van der Waals surface area contributed by atoms with E-state index in [1.807, 2.05) is 0 Å². The first-order valence-corrected chi connectivity index (χ1v) is 6.26. The zero-order valence-electron chi connectivity index (χ0n) is 9.32. The van der Waals surface area contributed by atoms with E-state index in [9.17, 15) is 9.18 Å². The van der Waals surface area contributed by atoms with Gasteiger partial charge in [-0.25, -0.2) is 14.2 Å². The third kappa shape index (κ3) is 2.85. The fraction of sp³-hybridized carbons (Fsp3) is 0. The van der Waals surface area contributed by atoms with Crippen molar-refractivity contribution in [1.29, 1.82) is 0 Å². The summed E-state index contributed by atoms with van der Waals surface area (Å²) in [5.41, 5.74) is 0.0390. The molecule has 0 saturated heterocycles. The van der Waals surface area contributed by atoms with Gasteiger partial charge in [0.15, 0.2) is 11.6 Å². The van der Waals surface area contributed by atoms with Gasteiger partial charge in [-0.1, -0.05) is 17.7 Å². The highest BCUT2D eigenvalue weighted by molar-refractivity contribution is 9.10. The Hall–Kier alpha value is -1.66. The van der Waals surface area contributed by atoms with Crippen LogP contribution >= 0.6 is 27.5 Å². The summed E-state index contributed by atoms with van der Waals surface area (Å²) in [7, 11) is 0. The fourth-order valence-electron chi connectivity index (χ4n) is 1.42. The second kappa shape index (κ2) is 5.54. The molecule has 2 rings (SSSR count). The van der Waals surface area contributed by atoms with Gasteiger partial charge in [-0.05, 0) is 34.1 Å². The van der Waals surface area contributed by atoms with Crippen LogP contribution in [0, 0.1) is 5.82 Å². The average Bonchev–Trinajstić information content (AvgIpc) is 2.37. The first kappa shape index (κ1) is 13.8. The predicted octanol–water partition coefficient (Wildman–Crippen LogP) is 4.08. The summed E-state index contributed by atoms with van der Waals surface area (Å²) in [6.45, 7) is 0. The number of aromatic carboxylic acids is 1. The van der Waals surface area contributed by atoms with Crippen LogP contribution in [0.2, 0.25) is 5.02 Å². The summed E-state index contributed by atoms with van der Waals surface area (Å²) >= 11 is 9.16. The lowest BCUT2D eigenvalue weighted by Gasteiger charge is -2.10. The van der Waals surface area contributed by atoms with Crippen LogP contribution in [-0.2, 0) is 0 Å². The molecule has 0 spiro atoms. The van der Waals surface area contributed by atoms with Gasteiger partial charge in [0.2, 0.25) is 0 Å². The molecule has 4 nitrogen and oxygen atoms in total. The number of anilines is 2. The highest BCUT2D eigenvalue weighted by atomic mass is 79.9. The first-order chi connectivity index (χ1) is 9.00. The molecular formula is C12H7BrClFN2O2. The Kier molecular flexibility index (Phi) is 4.01. The number of carbonyl (C=O) groups is 1. The van der Waals surface area contributed by atoms with Crippen molar-refractivity contribution in [2.75, 3.05) is 5.32 Å². The standard InChI is InChI=1S/C12H7BrClFN2O2/c13-9-7(14)2-1-3-8(9)17-11-10(15)6(12(18)19)4-5-16-11/h1-5H,(H,16,17)(H,18,19). The van der Waals surface area contributed by atoms with E-state index in [1.54, 1.807) is 18.2 Å². The van der Waals surface area contributed by atoms with Crippen LogP contribution in [0.3, 0.4) is 0 Å². The van der Waals surface area contributed by atoms with Crippen LogP contribution in [0.1, 0.15) is 10.4 Å². The number of benzene rings is 1. The number of pyridine rings is 1. The number of hydrogen-bond acceptors (Lipinski definition) is 3. The summed E-state index contributed by atoms with van der Waals surface area (Å²) in [6.07, 6.45) is 1.22. The van der Waals surface area contributed by atoms with Gasteiger partial charge < -0.3 is 10.4 Å². The summed E-state index contributed by atoms with van der Waals surface area (Å²) < 4.78 is 14.4. The Bertz CT molecular complexity index is 652. The van der Waals surface area contributed by atoms with Gasteiger partial charge in [-0.2, -0.15) is 0 Å². The number of nitrogens with one attached hydrogen (secondary N) is 1. The molecule has 0 atom stereocenters. The molecule has 0 fully saturated rings. The van der Waals surface area contributed by atoms with Gasteiger partial charge in [0.1, 0.15) is 5.56 Å². The van der Waals surface area contributed by atoms with Gasteiger partial charge >= 0.3 is 5.97 Å². The van der Waals surface area contributed by atoms with E-state index in [4.69, 9.17) is 16.7 Å². The molecular weight excluding hydrogens is 338 g/mol. The van der Waals surface area contributed by atoms with E-state index in [1.165, 1.54) is 6.20 Å². The third-order valence-corrected chi connectivity index (χ3v) is 3.72. The van der Waals surface area contributed by atoms with Gasteiger partial charge in [-0.15, -0.1) is 0 Å². The van der Waals surface area contributed by atoms with Crippen molar-refractivity contribution in [2.24, 2.45) is 0 Å². The molecule has 0 aliphatic carbocycles. The Morgan fingerprint density at radius 2 is 2.16 bits per heavy atom. The molecule has 0 radical (unpaired) electrons. The van der Waals surface area contributed by atoms with E-state index in [0.717, 1.165) is 6.07 Å². The SMILES string of the molecule is O=C(O)c1ccnc(Nc2cccc(Cl)c2Br)c1F. The molecule has 1 heterocycles. The lowest BCUT2D eigenvalue weighted by atomic mass is 10.2. The molecule has 2 aromatic rings. The number of rotatable bonds is 3. The summed E-state index contributed by atoms with van der Waals surface area (Å²) in [6, 6.07) is 6.09. The normalized spacial score (nSPS) is 10.3. The lowest BCUT2D eigenvalue weighted by Crippen LogP contribution is -2.05. The molecule has 0 unspecified atom stereocenters. The number of carboxylic acid groups (broad SMARTS) is 1. The van der Waals surface area contributed by atoms with Crippen molar-refractivity contribution < 1.29 is 14.3 Å². The Balaban J connectivity index is 2.42. The Labute approximate surface area is 121 Å². The highest BCUT2D eigenvalue weighted by Crippen LogP contribution is 2.32. The second-order valence-corrected chi connectivity index (χ2v) is 4.75. The molecule has 0 amide bonds. The van der Waals surface area contributed by atoms with Gasteiger partial charge in [0.05, 0.1) is 15.2 Å². The molecule has 1 aromatic heterocycles. The molecule has 2 N–H and O–H groups in total. The van der Waals surface area contributed by atoms with E-state index in [-0.39, 0.29) is 5.82 Å². The van der Waals surface area contributed by atoms with E-state index in [0.29, 0.717) is 15.2 Å². The minimum Gasteiger partial charge on any atom is -0.478 e. The second-order valence-electron chi connectivity index (χ2n) is 3.55. The summed E-state index contributed by atoms with van der Waals surface area (Å²) in [4.78, 5) is 14.6. The minimum atomic E-state index is -1.35. The molecule has 0 aliphatic heterocycles. The van der Waals surface area contributed by atoms with Crippen LogP contribution in [0.5, 0.6) is 0 Å². The molecule has 7 heteroatoms. The molecule has 1 aromatic carbocycles. The van der Waals surface area contributed by atoms with E-state index in [2.05, 4.69) is 26.2 Å². The van der Waals surface area contributed by atoms with E-state index >= 15 is 0 Å². The minimum absolute atomic E-state index is 0.178. The average molecular weight is 346 g/mol. The molecule has 0 bridgehead atoms. The molecule has 0 aliphatic rings. The van der Waals surface area contributed by atoms with Crippen molar-refractivity contribution in [3.05, 3.63) is 51.3 Å². The Morgan fingerprint density at radius 1 is 1.42 bits per heavy atom. The lowest BCUT2D eigenvalue weighted by molar-refractivity contribution is 0.0692. The highest BCUT2D eigenvalue weighted by Gasteiger charge is 2.16. The van der Waals surface area contributed by atoms with Crippen molar-refractivity contribution in [1.82, 2.24) is 4.98 Å². The fourth-order valence-corrected chi connectivity index (χ4v) is 1.96. The number of carboxylic acids is 1. The molecule has 19 heavy (non-hydrogen) atoms. The van der Waals surface area contributed by atoms with Crippen molar-refractivity contribution in [2.45, 2.75) is 0 Å². The van der Waals surface area contributed by atoms with Crippen molar-refractivity contribution in [3.63, 3.8) is 0 Å². The van der Waals surface area contributed by atoms with Crippen LogP contribution in [0.4, 0.5) is 15.9 Å². The van der Waals surface area contributed by atoms with Crippen LogP contribution in [0.15, 0.2) is 34.9 Å². The third-order valence-electron chi connectivity index (χ3n) is 2.32. The van der Waals surface area contributed by atoms with Gasteiger partial charge in [0, 0.05) is 6.20 Å². The molecule has 0 saturated carbocycles. The predicted molar refractivity (Wildman–Crippen MR) is 73.6 cm³/mol. The maximum atomic E-state index is 13.9. The smallest absolute Gasteiger partial charge is 0.338 e. The van der Waals surface area contributed by atoms with Gasteiger partial charge in [-0.3, -0.25) is 0 Å². The summed E-state index contributed by atoms with van der Waals surface area (Å²) in [5, 5.41) is 12.0. The quantitative estimate of drug-likeness (QED) is 0.880. The van der Waals surface area contributed by atoms with Crippen LogP contribution in [0.25, 0.3) is 0 Å². The monoisotopic (exact) mass is 344 g/mol. The number of nitrogens with zero attached hydrogens (tertiary/aromatic N) is 1. The number of hydrogen-bond donors (Lipinski definition) is 2. The van der Waals surface area contributed by atoms with Gasteiger partial charge in [0.25, 0.3) is 0 Å². The topological polar surface area (TPSA) is 62.2 Å². The van der Waals surface area contributed by atoms with Crippen molar-refractivity contribution >= 4 is 45.0 Å². The maximum Gasteiger partial charge on any atom is 0.338 e. The first-order valence-electron chi connectivity index (χ1n) is 5.09. The zero-order valence-corrected chi connectivity index (χ0v) is 11.7. The Morgan fingerprint density at radius 3 is 2.84 bits per heavy atom. The van der Waals surface area contributed by atoms with Crippen LogP contribution < -0.4 is 5.32 Å². The number of halogens is 3. The summed E-state index contributed by atoms with van der Waals surface area (Å²) in [5.74, 6) is -2.46. The largest absolute Gasteiger partial charge is 0.478 e.